The average Bonchev–Trinajstić information content (AvgIpc) is 2.51. The van der Waals surface area contributed by atoms with E-state index in [-0.39, 0.29) is 24.7 Å². The van der Waals surface area contributed by atoms with Crippen molar-refractivity contribution in [2.75, 3.05) is 18.4 Å². The number of likely N-dealkylation sites (N-methyl/N-ethyl adjacent to an activating group) is 1. The molecule has 1 aliphatic rings. The van der Waals surface area contributed by atoms with E-state index in [4.69, 9.17) is 5.11 Å². The van der Waals surface area contributed by atoms with E-state index in [0.29, 0.717) is 12.5 Å². The highest BCUT2D eigenvalue weighted by atomic mass is 16.4. The van der Waals surface area contributed by atoms with Crippen molar-refractivity contribution >= 4 is 17.7 Å². The standard InChI is InChI=1S/C20H31N3O3/c1-6-23(11-18(24)25)17-9-16(10-17)21-20(26)22-19-13(4)7-15(12(2)3)8-14(19)5/h7-8,12,16-17H,6,9-11H2,1-5H3,(H,24,25)(H2,21,22,26). The summed E-state index contributed by atoms with van der Waals surface area (Å²) < 4.78 is 0. The average molecular weight is 361 g/mol. The van der Waals surface area contributed by atoms with Gasteiger partial charge in [-0.05, 0) is 55.8 Å². The van der Waals surface area contributed by atoms with Crippen LogP contribution in [0.2, 0.25) is 0 Å². The number of aliphatic carboxylic acids is 1. The van der Waals surface area contributed by atoms with E-state index in [0.717, 1.165) is 29.7 Å². The number of benzene rings is 1. The van der Waals surface area contributed by atoms with Gasteiger partial charge < -0.3 is 15.7 Å². The SMILES string of the molecule is CCN(CC(=O)O)C1CC(NC(=O)Nc2c(C)cc(C(C)C)cc2C)C1. The molecule has 0 bridgehead atoms. The predicted molar refractivity (Wildman–Crippen MR) is 104 cm³/mol. The van der Waals surface area contributed by atoms with Crippen molar-refractivity contribution < 1.29 is 14.7 Å². The van der Waals surface area contributed by atoms with Crippen LogP contribution in [-0.4, -0.2) is 47.2 Å². The number of hydrogen-bond acceptors (Lipinski definition) is 3. The fourth-order valence-electron chi connectivity index (χ4n) is 3.54. The van der Waals surface area contributed by atoms with E-state index < -0.39 is 5.97 Å². The van der Waals surface area contributed by atoms with Crippen LogP contribution in [0.4, 0.5) is 10.5 Å². The number of nitrogens with zero attached hydrogens (tertiary/aromatic N) is 1. The molecule has 6 nitrogen and oxygen atoms in total. The first-order valence-electron chi connectivity index (χ1n) is 9.35. The van der Waals surface area contributed by atoms with Crippen molar-refractivity contribution in [1.82, 2.24) is 10.2 Å². The van der Waals surface area contributed by atoms with Gasteiger partial charge in [0.25, 0.3) is 0 Å². The van der Waals surface area contributed by atoms with Gasteiger partial charge in [0, 0.05) is 17.8 Å². The van der Waals surface area contributed by atoms with Crippen molar-refractivity contribution in [2.45, 2.75) is 65.5 Å². The van der Waals surface area contributed by atoms with Crippen LogP contribution in [0, 0.1) is 13.8 Å². The third-order valence-electron chi connectivity index (χ3n) is 5.17. The minimum absolute atomic E-state index is 0.0562. The molecule has 3 N–H and O–H groups in total. The molecule has 0 aliphatic heterocycles. The van der Waals surface area contributed by atoms with Crippen LogP contribution in [0.3, 0.4) is 0 Å². The number of rotatable bonds is 7. The summed E-state index contributed by atoms with van der Waals surface area (Å²) in [7, 11) is 0. The van der Waals surface area contributed by atoms with E-state index in [9.17, 15) is 9.59 Å². The van der Waals surface area contributed by atoms with Gasteiger partial charge in [-0.2, -0.15) is 0 Å². The zero-order valence-corrected chi connectivity index (χ0v) is 16.4. The first-order valence-corrected chi connectivity index (χ1v) is 9.35. The van der Waals surface area contributed by atoms with Gasteiger partial charge in [0.2, 0.25) is 0 Å². The first-order chi connectivity index (χ1) is 12.2. The molecule has 1 aromatic carbocycles. The number of anilines is 1. The Bertz CT molecular complexity index is 643. The molecule has 2 amide bonds. The van der Waals surface area contributed by atoms with Gasteiger partial charge >= 0.3 is 12.0 Å². The van der Waals surface area contributed by atoms with E-state index >= 15 is 0 Å². The molecule has 26 heavy (non-hydrogen) atoms. The molecule has 0 unspecified atom stereocenters. The van der Waals surface area contributed by atoms with E-state index in [1.807, 2.05) is 25.7 Å². The molecule has 0 atom stereocenters. The highest BCUT2D eigenvalue weighted by Crippen LogP contribution is 2.28. The van der Waals surface area contributed by atoms with Gasteiger partial charge in [-0.15, -0.1) is 0 Å². The maximum Gasteiger partial charge on any atom is 0.319 e. The van der Waals surface area contributed by atoms with Crippen molar-refractivity contribution in [3.63, 3.8) is 0 Å². The van der Waals surface area contributed by atoms with Crippen molar-refractivity contribution in [3.05, 3.63) is 28.8 Å². The normalized spacial score (nSPS) is 19.3. The summed E-state index contributed by atoms with van der Waals surface area (Å²) in [6.45, 7) is 11.1. The van der Waals surface area contributed by atoms with E-state index in [1.54, 1.807) is 0 Å². The maximum atomic E-state index is 12.3. The minimum atomic E-state index is -0.809. The number of hydrogen-bond donors (Lipinski definition) is 3. The van der Waals surface area contributed by atoms with Crippen LogP contribution in [0.1, 0.15) is 56.2 Å². The lowest BCUT2D eigenvalue weighted by atomic mass is 9.85. The monoisotopic (exact) mass is 361 g/mol. The van der Waals surface area contributed by atoms with Crippen LogP contribution in [0.5, 0.6) is 0 Å². The number of aryl methyl sites for hydroxylation is 2. The van der Waals surface area contributed by atoms with Crippen LogP contribution in [0.15, 0.2) is 12.1 Å². The second-order valence-corrected chi connectivity index (χ2v) is 7.56. The molecule has 1 aliphatic carbocycles. The second kappa shape index (κ2) is 8.54. The zero-order chi connectivity index (χ0) is 19.4. The third-order valence-corrected chi connectivity index (χ3v) is 5.17. The summed E-state index contributed by atoms with van der Waals surface area (Å²) in [6, 6.07) is 4.38. The Morgan fingerprint density at radius 1 is 1.23 bits per heavy atom. The summed E-state index contributed by atoms with van der Waals surface area (Å²) in [5.74, 6) is -0.355. The van der Waals surface area contributed by atoms with Gasteiger partial charge in [-0.3, -0.25) is 9.69 Å². The smallest absolute Gasteiger partial charge is 0.319 e. The van der Waals surface area contributed by atoms with E-state index in [2.05, 4.69) is 36.6 Å². The first kappa shape index (κ1) is 20.2. The second-order valence-electron chi connectivity index (χ2n) is 7.56. The molecular formula is C20H31N3O3. The molecule has 1 aromatic rings. The summed E-state index contributed by atoms with van der Waals surface area (Å²) in [6.07, 6.45) is 1.58. The molecule has 2 rings (SSSR count). The quantitative estimate of drug-likeness (QED) is 0.694. The van der Waals surface area contributed by atoms with Crippen LogP contribution in [-0.2, 0) is 4.79 Å². The minimum Gasteiger partial charge on any atom is -0.480 e. The predicted octanol–water partition coefficient (Wildman–Crippen LogP) is 3.49. The molecule has 1 saturated carbocycles. The lowest BCUT2D eigenvalue weighted by molar-refractivity contribution is -0.139. The largest absolute Gasteiger partial charge is 0.480 e. The van der Waals surface area contributed by atoms with Gasteiger partial charge in [-0.1, -0.05) is 32.9 Å². The van der Waals surface area contributed by atoms with Gasteiger partial charge in [-0.25, -0.2) is 4.79 Å². The van der Waals surface area contributed by atoms with Gasteiger partial charge in [0.15, 0.2) is 0 Å². The molecule has 0 saturated heterocycles. The molecule has 0 aromatic heterocycles. The number of nitrogens with one attached hydrogen (secondary N) is 2. The Hall–Kier alpha value is -2.08. The number of carboxylic acid groups (broad SMARTS) is 1. The summed E-state index contributed by atoms with van der Waals surface area (Å²) >= 11 is 0. The Morgan fingerprint density at radius 3 is 2.27 bits per heavy atom. The number of urea groups is 1. The summed E-state index contributed by atoms with van der Waals surface area (Å²) in [5.41, 5.74) is 4.26. The molecule has 0 heterocycles. The highest BCUT2D eigenvalue weighted by molar-refractivity contribution is 5.91. The topological polar surface area (TPSA) is 81.7 Å². The number of carbonyl (C=O) groups excluding carboxylic acids is 1. The zero-order valence-electron chi connectivity index (χ0n) is 16.4. The Morgan fingerprint density at radius 2 is 1.81 bits per heavy atom. The Labute approximate surface area is 156 Å². The fourth-order valence-corrected chi connectivity index (χ4v) is 3.54. The third kappa shape index (κ3) is 4.97. The fraction of sp³-hybridized carbons (Fsp3) is 0.600. The van der Waals surface area contributed by atoms with Crippen molar-refractivity contribution in [3.8, 4) is 0 Å². The van der Waals surface area contributed by atoms with Crippen LogP contribution in [0.25, 0.3) is 0 Å². The molecule has 144 valence electrons. The van der Waals surface area contributed by atoms with Crippen LogP contribution >= 0.6 is 0 Å². The number of carbonyl (C=O) groups is 2. The van der Waals surface area contributed by atoms with Crippen molar-refractivity contribution in [2.24, 2.45) is 0 Å². The Kier molecular flexibility index (Phi) is 6.64. The summed E-state index contributed by atoms with van der Waals surface area (Å²) in [5, 5.41) is 14.9. The lowest BCUT2D eigenvalue weighted by Gasteiger charge is -2.42. The number of amides is 2. The lowest BCUT2D eigenvalue weighted by Crippen LogP contribution is -2.55. The van der Waals surface area contributed by atoms with Gasteiger partial charge in [0.1, 0.15) is 0 Å². The molecular weight excluding hydrogens is 330 g/mol. The van der Waals surface area contributed by atoms with Crippen LogP contribution < -0.4 is 10.6 Å². The van der Waals surface area contributed by atoms with Gasteiger partial charge in [0.05, 0.1) is 6.54 Å². The highest BCUT2D eigenvalue weighted by Gasteiger charge is 2.34. The summed E-state index contributed by atoms with van der Waals surface area (Å²) in [4.78, 5) is 25.2. The Balaban J connectivity index is 1.88. The van der Waals surface area contributed by atoms with E-state index in [1.165, 1.54) is 5.56 Å². The maximum absolute atomic E-state index is 12.3. The van der Waals surface area contributed by atoms with Crippen molar-refractivity contribution in [1.29, 1.82) is 0 Å². The molecule has 6 heteroatoms. The molecule has 0 radical (unpaired) electrons. The molecule has 1 fully saturated rings. The molecule has 0 spiro atoms. The number of carboxylic acids is 1.